The van der Waals surface area contributed by atoms with Crippen molar-refractivity contribution in [2.45, 2.75) is 19.4 Å². The second-order valence-corrected chi connectivity index (χ2v) is 5.03. The summed E-state index contributed by atoms with van der Waals surface area (Å²) in [5, 5.41) is 13.9. The number of amides is 1. The fourth-order valence-corrected chi connectivity index (χ4v) is 2.21. The molecule has 6 heteroatoms. The molecule has 0 aromatic heterocycles. The van der Waals surface area contributed by atoms with Crippen LogP contribution in [0.1, 0.15) is 18.9 Å². The number of nitrogens with one attached hydrogen (secondary N) is 1. The minimum absolute atomic E-state index is 0.0261. The van der Waals surface area contributed by atoms with Crippen LogP contribution >= 0.6 is 0 Å². The molecule has 0 unspecified atom stereocenters. The highest BCUT2D eigenvalue weighted by atomic mass is 16.6. The molecule has 6 nitrogen and oxygen atoms in total. The molecule has 1 aromatic carbocycles. The van der Waals surface area contributed by atoms with E-state index in [0.717, 1.165) is 26.1 Å². The van der Waals surface area contributed by atoms with E-state index in [9.17, 15) is 14.9 Å². The molecule has 1 fully saturated rings. The van der Waals surface area contributed by atoms with Crippen molar-refractivity contribution in [2.75, 3.05) is 19.6 Å². The molecule has 1 N–H and O–H groups in total. The molecule has 0 bridgehead atoms. The lowest BCUT2D eigenvalue weighted by atomic mass is 10.1. The van der Waals surface area contributed by atoms with Gasteiger partial charge in [0, 0.05) is 37.8 Å². The molecule has 0 spiro atoms. The summed E-state index contributed by atoms with van der Waals surface area (Å²) in [4.78, 5) is 24.4. The number of nitrogens with zero attached hydrogens (tertiary/aromatic N) is 2. The van der Waals surface area contributed by atoms with Crippen LogP contribution in [0.15, 0.2) is 30.3 Å². The maximum Gasteiger partial charge on any atom is 0.270 e. The molecule has 2 rings (SSSR count). The zero-order chi connectivity index (χ0) is 15.2. The molecule has 0 saturated carbocycles. The van der Waals surface area contributed by atoms with E-state index in [0.29, 0.717) is 5.56 Å². The first-order valence-electron chi connectivity index (χ1n) is 7.05. The first-order valence-corrected chi connectivity index (χ1v) is 7.05. The van der Waals surface area contributed by atoms with E-state index in [-0.39, 0.29) is 17.6 Å². The summed E-state index contributed by atoms with van der Waals surface area (Å²) in [5.41, 5.74) is 0.680. The van der Waals surface area contributed by atoms with Gasteiger partial charge in [-0.15, -0.1) is 0 Å². The SMILES string of the molecule is CCCN(C(=O)C=Cc1cccc([N+](=O)[O-])c1)C1CNC1. The van der Waals surface area contributed by atoms with Crippen LogP contribution in [-0.2, 0) is 4.79 Å². The van der Waals surface area contributed by atoms with Crippen molar-refractivity contribution in [3.05, 3.63) is 46.0 Å². The number of carbonyl (C=O) groups is 1. The summed E-state index contributed by atoms with van der Waals surface area (Å²) in [6, 6.07) is 6.50. The number of non-ortho nitro benzene ring substituents is 1. The lowest BCUT2D eigenvalue weighted by Crippen LogP contribution is -2.58. The lowest BCUT2D eigenvalue weighted by Gasteiger charge is -2.37. The fourth-order valence-electron chi connectivity index (χ4n) is 2.21. The molecule has 1 aromatic rings. The largest absolute Gasteiger partial charge is 0.334 e. The number of benzene rings is 1. The van der Waals surface area contributed by atoms with Gasteiger partial charge in [0.2, 0.25) is 5.91 Å². The van der Waals surface area contributed by atoms with Gasteiger partial charge in [0.25, 0.3) is 5.69 Å². The smallest absolute Gasteiger partial charge is 0.270 e. The lowest BCUT2D eigenvalue weighted by molar-refractivity contribution is -0.384. The van der Waals surface area contributed by atoms with Crippen LogP contribution in [0.2, 0.25) is 0 Å². The standard InChI is InChI=1S/C15H19N3O3/c1-2-8-17(14-10-16-11-14)15(19)7-6-12-4-3-5-13(9-12)18(20)21/h3-7,9,14,16H,2,8,10-11H2,1H3. The Hall–Kier alpha value is -2.21. The maximum atomic E-state index is 12.2. The average molecular weight is 289 g/mol. The van der Waals surface area contributed by atoms with Gasteiger partial charge in [-0.1, -0.05) is 19.1 Å². The van der Waals surface area contributed by atoms with Crippen molar-refractivity contribution in [3.8, 4) is 0 Å². The number of hydrogen-bond donors (Lipinski definition) is 1. The molecule has 1 aliphatic rings. The second kappa shape index (κ2) is 6.99. The molecule has 1 aliphatic heterocycles. The van der Waals surface area contributed by atoms with Crippen molar-refractivity contribution in [1.29, 1.82) is 0 Å². The second-order valence-electron chi connectivity index (χ2n) is 5.03. The topological polar surface area (TPSA) is 75.5 Å². The number of rotatable bonds is 6. The summed E-state index contributed by atoms with van der Waals surface area (Å²) in [7, 11) is 0. The van der Waals surface area contributed by atoms with Crippen LogP contribution in [0.25, 0.3) is 6.08 Å². The molecule has 0 atom stereocenters. The number of nitro groups is 1. The molecular weight excluding hydrogens is 270 g/mol. The van der Waals surface area contributed by atoms with Gasteiger partial charge < -0.3 is 10.2 Å². The fraction of sp³-hybridized carbons (Fsp3) is 0.400. The van der Waals surface area contributed by atoms with E-state index >= 15 is 0 Å². The number of hydrogen-bond acceptors (Lipinski definition) is 4. The Morgan fingerprint density at radius 2 is 2.29 bits per heavy atom. The van der Waals surface area contributed by atoms with E-state index in [1.807, 2.05) is 11.8 Å². The minimum atomic E-state index is -0.442. The predicted molar refractivity (Wildman–Crippen MR) is 80.8 cm³/mol. The van der Waals surface area contributed by atoms with Gasteiger partial charge in [-0.3, -0.25) is 14.9 Å². The van der Waals surface area contributed by atoms with Gasteiger partial charge in [0.15, 0.2) is 0 Å². The first kappa shape index (κ1) is 15.2. The van der Waals surface area contributed by atoms with Crippen LogP contribution in [-0.4, -0.2) is 41.4 Å². The van der Waals surface area contributed by atoms with Gasteiger partial charge in [-0.05, 0) is 18.1 Å². The Labute approximate surface area is 123 Å². The van der Waals surface area contributed by atoms with Gasteiger partial charge in [0.05, 0.1) is 11.0 Å². The van der Waals surface area contributed by atoms with E-state index in [4.69, 9.17) is 0 Å². The van der Waals surface area contributed by atoms with Crippen LogP contribution in [0.3, 0.4) is 0 Å². The van der Waals surface area contributed by atoms with Crippen LogP contribution in [0.5, 0.6) is 0 Å². The predicted octanol–water partition coefficient (Wildman–Crippen LogP) is 1.82. The molecule has 1 saturated heterocycles. The summed E-state index contributed by atoms with van der Waals surface area (Å²) >= 11 is 0. The normalized spacial score (nSPS) is 14.9. The van der Waals surface area contributed by atoms with Gasteiger partial charge >= 0.3 is 0 Å². The van der Waals surface area contributed by atoms with Crippen LogP contribution in [0.4, 0.5) is 5.69 Å². The Bertz CT molecular complexity index is 553. The third-order valence-corrected chi connectivity index (χ3v) is 3.45. The monoisotopic (exact) mass is 289 g/mol. The van der Waals surface area contributed by atoms with Gasteiger partial charge in [-0.25, -0.2) is 0 Å². The van der Waals surface area contributed by atoms with E-state index in [1.165, 1.54) is 18.2 Å². The van der Waals surface area contributed by atoms with Gasteiger partial charge in [-0.2, -0.15) is 0 Å². The molecule has 0 aliphatic carbocycles. The summed E-state index contributed by atoms with van der Waals surface area (Å²) < 4.78 is 0. The number of nitro benzene ring substituents is 1. The molecule has 1 heterocycles. The van der Waals surface area contributed by atoms with E-state index < -0.39 is 4.92 Å². The van der Waals surface area contributed by atoms with Crippen molar-refractivity contribution in [1.82, 2.24) is 10.2 Å². The Morgan fingerprint density at radius 1 is 1.52 bits per heavy atom. The maximum absolute atomic E-state index is 12.2. The molecule has 0 radical (unpaired) electrons. The van der Waals surface area contributed by atoms with E-state index in [1.54, 1.807) is 18.2 Å². The average Bonchev–Trinajstić information content (AvgIpc) is 2.42. The third kappa shape index (κ3) is 3.88. The Morgan fingerprint density at radius 3 is 2.86 bits per heavy atom. The van der Waals surface area contributed by atoms with Crippen LogP contribution < -0.4 is 5.32 Å². The Balaban J connectivity index is 2.06. The van der Waals surface area contributed by atoms with Crippen LogP contribution in [0, 0.1) is 10.1 Å². The summed E-state index contributed by atoms with van der Waals surface area (Å²) in [6.07, 6.45) is 4.03. The highest BCUT2D eigenvalue weighted by Gasteiger charge is 2.26. The highest BCUT2D eigenvalue weighted by Crippen LogP contribution is 2.15. The molecular formula is C15H19N3O3. The Kier molecular flexibility index (Phi) is 5.05. The zero-order valence-corrected chi connectivity index (χ0v) is 12.0. The quantitative estimate of drug-likeness (QED) is 0.492. The van der Waals surface area contributed by atoms with E-state index in [2.05, 4.69) is 5.32 Å². The number of carbonyl (C=O) groups excluding carboxylic acids is 1. The summed E-state index contributed by atoms with van der Waals surface area (Å²) in [6.45, 7) is 4.42. The van der Waals surface area contributed by atoms with Crippen molar-refractivity contribution >= 4 is 17.7 Å². The van der Waals surface area contributed by atoms with Crippen molar-refractivity contribution < 1.29 is 9.72 Å². The van der Waals surface area contributed by atoms with Crippen molar-refractivity contribution in [3.63, 3.8) is 0 Å². The molecule has 1 amide bonds. The summed E-state index contributed by atoms with van der Waals surface area (Å²) in [5.74, 6) is -0.0464. The zero-order valence-electron chi connectivity index (χ0n) is 12.0. The minimum Gasteiger partial charge on any atom is -0.334 e. The first-order chi connectivity index (χ1) is 10.1. The van der Waals surface area contributed by atoms with Crippen molar-refractivity contribution in [2.24, 2.45) is 0 Å². The van der Waals surface area contributed by atoms with Gasteiger partial charge in [0.1, 0.15) is 0 Å². The highest BCUT2D eigenvalue weighted by molar-refractivity contribution is 5.92. The third-order valence-electron chi connectivity index (χ3n) is 3.45. The molecule has 21 heavy (non-hydrogen) atoms. The molecule has 112 valence electrons.